The third-order valence-electron chi connectivity index (χ3n) is 6.37. The maximum atomic E-state index is 6.33. The highest BCUT2D eigenvalue weighted by Gasteiger charge is 2.42. The van der Waals surface area contributed by atoms with Crippen molar-refractivity contribution in [2.75, 3.05) is 4.90 Å². The summed E-state index contributed by atoms with van der Waals surface area (Å²) in [4.78, 5) is 6.90. The first kappa shape index (κ1) is 23.1. The van der Waals surface area contributed by atoms with Crippen molar-refractivity contribution < 1.29 is 0 Å². The van der Waals surface area contributed by atoms with Gasteiger partial charge in [-0.1, -0.05) is 39.7 Å². The molecular weight excluding hydrogens is 528 g/mol. The molecule has 2 atom stereocenters. The molecule has 0 amide bonds. The lowest BCUT2D eigenvalue weighted by molar-refractivity contribution is 0.565. The van der Waals surface area contributed by atoms with Gasteiger partial charge < -0.3 is 14.8 Å². The zero-order valence-corrected chi connectivity index (χ0v) is 22.2. The quantitative estimate of drug-likeness (QED) is 0.268. The summed E-state index contributed by atoms with van der Waals surface area (Å²) >= 11 is 15.8. The fourth-order valence-electron chi connectivity index (χ4n) is 4.83. The smallest absolute Gasteiger partial charge is 0.174 e. The first-order chi connectivity index (χ1) is 16.3. The highest BCUT2D eigenvalue weighted by Crippen LogP contribution is 2.44. The van der Waals surface area contributed by atoms with E-state index in [0.29, 0.717) is 10.1 Å². The molecule has 1 N–H and O–H groups in total. The molecule has 4 aromatic rings. The van der Waals surface area contributed by atoms with Crippen LogP contribution in [-0.2, 0) is 0 Å². The van der Waals surface area contributed by atoms with E-state index in [1.807, 2.05) is 36.5 Å². The number of hydrogen-bond donors (Lipinski definition) is 1. The van der Waals surface area contributed by atoms with Gasteiger partial charge in [-0.05, 0) is 98.7 Å². The molecule has 5 rings (SSSR count). The Hall–Kier alpha value is -2.67. The predicted octanol–water partition coefficient (Wildman–Crippen LogP) is 7.39. The van der Waals surface area contributed by atoms with E-state index in [0.717, 1.165) is 38.5 Å². The molecule has 4 nitrogen and oxygen atoms in total. The Kier molecular flexibility index (Phi) is 6.23. The first-order valence-corrected chi connectivity index (χ1v) is 12.6. The summed E-state index contributed by atoms with van der Waals surface area (Å²) in [6, 6.07) is 22.4. The second-order valence-corrected chi connectivity index (χ2v) is 10.2. The van der Waals surface area contributed by atoms with Gasteiger partial charge in [0, 0.05) is 38.5 Å². The SMILES string of the molecule is Cc1cc(N2C(=S)N[C@@H](c3ccccn3)[C@@H]2c2cc(C)n(-c3cccc(Cl)c3)c2C)ccc1Br. The van der Waals surface area contributed by atoms with E-state index < -0.39 is 0 Å². The Labute approximate surface area is 218 Å². The van der Waals surface area contributed by atoms with Crippen molar-refractivity contribution in [3.63, 3.8) is 0 Å². The van der Waals surface area contributed by atoms with Gasteiger partial charge in [-0.3, -0.25) is 4.98 Å². The summed E-state index contributed by atoms with van der Waals surface area (Å²) in [5, 5.41) is 4.97. The van der Waals surface area contributed by atoms with Crippen molar-refractivity contribution in [1.82, 2.24) is 14.9 Å². The van der Waals surface area contributed by atoms with Gasteiger partial charge in [0.1, 0.15) is 0 Å². The van der Waals surface area contributed by atoms with Gasteiger partial charge in [-0.2, -0.15) is 0 Å². The lowest BCUT2D eigenvalue weighted by Gasteiger charge is -2.28. The van der Waals surface area contributed by atoms with Crippen LogP contribution in [0.5, 0.6) is 0 Å². The molecule has 0 unspecified atom stereocenters. The minimum absolute atomic E-state index is 0.0675. The maximum absolute atomic E-state index is 6.33. The standard InChI is InChI=1S/C27H24BrClN4S/c1-16-13-21(10-11-23(16)28)33-26(25(31-27(33)34)24-9-4-5-12-30-24)22-14-17(2)32(18(22)3)20-8-6-7-19(29)15-20/h4-15,25-26H,1-3H3,(H,31,34)/t25-,26-/m0/s1. The predicted molar refractivity (Wildman–Crippen MR) is 147 cm³/mol. The minimum atomic E-state index is -0.0917. The Bertz CT molecular complexity index is 1380. The number of halogens is 2. The third-order valence-corrected chi connectivity index (χ3v) is 7.81. The maximum Gasteiger partial charge on any atom is 0.174 e. The van der Waals surface area contributed by atoms with E-state index in [-0.39, 0.29) is 12.1 Å². The van der Waals surface area contributed by atoms with Crippen LogP contribution in [0.25, 0.3) is 5.69 Å². The highest BCUT2D eigenvalue weighted by atomic mass is 79.9. The molecule has 0 spiro atoms. The summed E-state index contributed by atoms with van der Waals surface area (Å²) in [6.07, 6.45) is 1.83. The average Bonchev–Trinajstić information content (AvgIpc) is 3.31. The average molecular weight is 552 g/mol. The molecule has 2 aromatic heterocycles. The first-order valence-electron chi connectivity index (χ1n) is 11.1. The number of aromatic nitrogens is 2. The normalized spacial score (nSPS) is 17.8. The Morgan fingerprint density at radius 1 is 0.971 bits per heavy atom. The van der Waals surface area contributed by atoms with Gasteiger partial charge in [0.2, 0.25) is 0 Å². The van der Waals surface area contributed by atoms with Crippen LogP contribution < -0.4 is 10.2 Å². The van der Waals surface area contributed by atoms with Crippen LogP contribution in [0, 0.1) is 20.8 Å². The van der Waals surface area contributed by atoms with Crippen molar-refractivity contribution in [3.05, 3.63) is 111 Å². The van der Waals surface area contributed by atoms with Crippen LogP contribution in [0.4, 0.5) is 5.69 Å². The third kappa shape index (κ3) is 4.04. The van der Waals surface area contributed by atoms with Gasteiger partial charge >= 0.3 is 0 Å². The van der Waals surface area contributed by atoms with Crippen LogP contribution in [0.2, 0.25) is 5.02 Å². The number of nitrogens with zero attached hydrogens (tertiary/aromatic N) is 3. The van der Waals surface area contributed by atoms with Crippen LogP contribution in [0.1, 0.15) is 40.3 Å². The largest absolute Gasteiger partial charge is 0.351 e. The number of pyridine rings is 1. The van der Waals surface area contributed by atoms with E-state index in [9.17, 15) is 0 Å². The number of thiocarbonyl (C=S) groups is 1. The highest BCUT2D eigenvalue weighted by molar-refractivity contribution is 9.10. The van der Waals surface area contributed by atoms with Crippen LogP contribution in [0.15, 0.2) is 77.4 Å². The monoisotopic (exact) mass is 550 g/mol. The van der Waals surface area contributed by atoms with E-state index >= 15 is 0 Å². The molecule has 1 aliphatic rings. The summed E-state index contributed by atoms with van der Waals surface area (Å²) in [7, 11) is 0. The van der Waals surface area contributed by atoms with Crippen LogP contribution in [0.3, 0.4) is 0 Å². The molecule has 1 fully saturated rings. The molecule has 7 heteroatoms. The molecule has 2 aromatic carbocycles. The number of benzene rings is 2. The number of hydrogen-bond acceptors (Lipinski definition) is 2. The molecule has 1 saturated heterocycles. The molecule has 0 saturated carbocycles. The zero-order chi connectivity index (χ0) is 24.0. The minimum Gasteiger partial charge on any atom is -0.351 e. The van der Waals surface area contributed by atoms with Gasteiger partial charge in [0.15, 0.2) is 5.11 Å². The van der Waals surface area contributed by atoms with Crippen molar-refractivity contribution in [2.24, 2.45) is 0 Å². The van der Waals surface area contributed by atoms with E-state index in [4.69, 9.17) is 23.8 Å². The number of rotatable bonds is 4. The van der Waals surface area contributed by atoms with Gasteiger partial charge in [0.05, 0.1) is 17.8 Å². The fraction of sp³-hybridized carbons (Fsp3) is 0.185. The van der Waals surface area contributed by atoms with E-state index in [2.05, 4.69) is 92.9 Å². The zero-order valence-electron chi connectivity index (χ0n) is 19.1. The molecule has 172 valence electrons. The molecule has 3 heterocycles. The molecular formula is C27H24BrClN4S. The second kappa shape index (κ2) is 9.17. The fourth-order valence-corrected chi connectivity index (χ4v) is 5.60. The van der Waals surface area contributed by atoms with Crippen molar-refractivity contribution in [1.29, 1.82) is 0 Å². The van der Waals surface area contributed by atoms with Gasteiger partial charge in [-0.25, -0.2) is 0 Å². The number of aryl methyl sites for hydroxylation is 2. The lowest BCUT2D eigenvalue weighted by atomic mass is 9.96. The van der Waals surface area contributed by atoms with Gasteiger partial charge in [-0.15, -0.1) is 0 Å². The van der Waals surface area contributed by atoms with E-state index in [1.165, 1.54) is 5.56 Å². The Morgan fingerprint density at radius 2 is 1.79 bits per heavy atom. The van der Waals surface area contributed by atoms with Crippen molar-refractivity contribution in [3.8, 4) is 5.69 Å². The Balaban J connectivity index is 1.69. The molecule has 34 heavy (non-hydrogen) atoms. The molecule has 0 radical (unpaired) electrons. The van der Waals surface area contributed by atoms with Gasteiger partial charge in [0.25, 0.3) is 0 Å². The molecule has 0 bridgehead atoms. The summed E-state index contributed by atoms with van der Waals surface area (Å²) in [5.41, 5.74) is 7.69. The van der Waals surface area contributed by atoms with Crippen LogP contribution in [-0.4, -0.2) is 14.7 Å². The van der Waals surface area contributed by atoms with Crippen molar-refractivity contribution in [2.45, 2.75) is 32.9 Å². The van der Waals surface area contributed by atoms with E-state index in [1.54, 1.807) is 0 Å². The number of anilines is 1. The molecule has 1 aliphatic heterocycles. The van der Waals surface area contributed by atoms with Crippen LogP contribution >= 0.6 is 39.7 Å². The Morgan fingerprint density at radius 3 is 2.50 bits per heavy atom. The van der Waals surface area contributed by atoms with Crippen molar-refractivity contribution >= 4 is 50.5 Å². The number of nitrogens with one attached hydrogen (secondary N) is 1. The topological polar surface area (TPSA) is 33.1 Å². The second-order valence-electron chi connectivity index (χ2n) is 8.57. The molecule has 0 aliphatic carbocycles. The summed E-state index contributed by atoms with van der Waals surface area (Å²) < 4.78 is 3.33. The lowest BCUT2D eigenvalue weighted by Crippen LogP contribution is -2.29. The summed E-state index contributed by atoms with van der Waals surface area (Å²) in [6.45, 7) is 6.38. The summed E-state index contributed by atoms with van der Waals surface area (Å²) in [5.74, 6) is 0.